The maximum Gasteiger partial charge on any atom is 0.264 e. The lowest BCUT2D eigenvalue weighted by Crippen LogP contribution is -2.43. The first-order valence-corrected chi connectivity index (χ1v) is 8.52. The molecule has 1 aromatic carbocycles. The SMILES string of the molecule is O=C(c1cccs1)N1CCOCC1c1nc(-c2ccccc2)no1. The van der Waals surface area contributed by atoms with Gasteiger partial charge in [0.15, 0.2) is 0 Å². The molecule has 1 amide bonds. The average molecular weight is 341 g/mol. The van der Waals surface area contributed by atoms with E-state index in [9.17, 15) is 4.79 Å². The average Bonchev–Trinajstić information content (AvgIpc) is 3.34. The third-order valence-electron chi connectivity index (χ3n) is 3.88. The van der Waals surface area contributed by atoms with Gasteiger partial charge in [-0.3, -0.25) is 4.79 Å². The first-order valence-electron chi connectivity index (χ1n) is 7.64. The monoisotopic (exact) mass is 341 g/mol. The van der Waals surface area contributed by atoms with Crippen LogP contribution < -0.4 is 0 Å². The number of morpholine rings is 1. The van der Waals surface area contributed by atoms with Gasteiger partial charge in [0.05, 0.1) is 18.1 Å². The molecule has 122 valence electrons. The van der Waals surface area contributed by atoms with Crippen LogP contribution in [0.1, 0.15) is 21.6 Å². The number of thiophene rings is 1. The summed E-state index contributed by atoms with van der Waals surface area (Å²) in [6.07, 6.45) is 0. The van der Waals surface area contributed by atoms with Crippen LogP contribution in [0.25, 0.3) is 11.4 Å². The first-order chi connectivity index (χ1) is 11.8. The number of ether oxygens (including phenoxy) is 1. The zero-order chi connectivity index (χ0) is 16.4. The van der Waals surface area contributed by atoms with E-state index >= 15 is 0 Å². The molecule has 0 bridgehead atoms. The summed E-state index contributed by atoms with van der Waals surface area (Å²) < 4.78 is 11.0. The van der Waals surface area contributed by atoms with E-state index < -0.39 is 0 Å². The molecule has 1 unspecified atom stereocenters. The first kappa shape index (κ1) is 15.0. The predicted molar refractivity (Wildman–Crippen MR) is 88.6 cm³/mol. The van der Waals surface area contributed by atoms with Gasteiger partial charge in [-0.15, -0.1) is 11.3 Å². The predicted octanol–water partition coefficient (Wildman–Crippen LogP) is 3.01. The lowest BCUT2D eigenvalue weighted by molar-refractivity contribution is -0.0116. The van der Waals surface area contributed by atoms with E-state index in [1.807, 2.05) is 47.8 Å². The minimum Gasteiger partial charge on any atom is -0.377 e. The number of carbonyl (C=O) groups excluding carboxylic acids is 1. The number of hydrogen-bond donors (Lipinski definition) is 0. The molecule has 6 nitrogen and oxygen atoms in total. The number of carbonyl (C=O) groups is 1. The summed E-state index contributed by atoms with van der Waals surface area (Å²) in [5, 5.41) is 5.93. The van der Waals surface area contributed by atoms with E-state index in [4.69, 9.17) is 9.26 Å². The van der Waals surface area contributed by atoms with E-state index in [1.54, 1.807) is 4.90 Å². The summed E-state index contributed by atoms with van der Waals surface area (Å²) in [6.45, 7) is 1.37. The second-order valence-electron chi connectivity index (χ2n) is 5.39. The number of amides is 1. The van der Waals surface area contributed by atoms with Gasteiger partial charge in [0.2, 0.25) is 5.82 Å². The van der Waals surface area contributed by atoms with Crippen LogP contribution >= 0.6 is 11.3 Å². The van der Waals surface area contributed by atoms with Crippen molar-refractivity contribution in [2.45, 2.75) is 6.04 Å². The molecule has 1 fully saturated rings. The molecule has 0 saturated carbocycles. The highest BCUT2D eigenvalue weighted by Gasteiger charge is 2.33. The van der Waals surface area contributed by atoms with Crippen LogP contribution in [0.2, 0.25) is 0 Å². The fraction of sp³-hybridized carbons (Fsp3) is 0.235. The molecule has 1 aliphatic heterocycles. The standard InChI is InChI=1S/C17H15N3O3S/c21-17(14-7-4-10-24-14)20-8-9-22-11-13(20)16-18-15(19-23-16)12-5-2-1-3-6-12/h1-7,10,13H,8-9,11H2. The summed E-state index contributed by atoms with van der Waals surface area (Å²) in [4.78, 5) is 19.6. The molecule has 0 spiro atoms. The fourth-order valence-corrected chi connectivity index (χ4v) is 3.35. The van der Waals surface area contributed by atoms with Crippen LogP contribution in [0.15, 0.2) is 52.4 Å². The third-order valence-corrected chi connectivity index (χ3v) is 4.74. The number of benzene rings is 1. The Kier molecular flexibility index (Phi) is 4.10. The molecule has 3 aromatic rings. The van der Waals surface area contributed by atoms with Crippen molar-refractivity contribution >= 4 is 17.2 Å². The van der Waals surface area contributed by atoms with Gasteiger partial charge in [0.25, 0.3) is 11.8 Å². The van der Waals surface area contributed by atoms with Gasteiger partial charge < -0.3 is 14.2 Å². The van der Waals surface area contributed by atoms with Crippen LogP contribution in [0, 0.1) is 0 Å². The van der Waals surface area contributed by atoms with E-state index in [-0.39, 0.29) is 11.9 Å². The van der Waals surface area contributed by atoms with Gasteiger partial charge in [-0.25, -0.2) is 0 Å². The van der Waals surface area contributed by atoms with E-state index in [2.05, 4.69) is 10.1 Å². The molecule has 24 heavy (non-hydrogen) atoms. The van der Waals surface area contributed by atoms with Gasteiger partial charge in [-0.05, 0) is 11.4 Å². The van der Waals surface area contributed by atoms with E-state index in [1.165, 1.54) is 11.3 Å². The Morgan fingerprint density at radius 1 is 1.21 bits per heavy atom. The van der Waals surface area contributed by atoms with Crippen LogP contribution in [-0.2, 0) is 4.74 Å². The maximum atomic E-state index is 12.7. The molecule has 0 aliphatic carbocycles. The molecule has 1 saturated heterocycles. The normalized spacial score (nSPS) is 17.8. The van der Waals surface area contributed by atoms with Gasteiger partial charge in [0.1, 0.15) is 6.04 Å². The van der Waals surface area contributed by atoms with Gasteiger partial charge in [-0.2, -0.15) is 4.98 Å². The maximum absolute atomic E-state index is 12.7. The van der Waals surface area contributed by atoms with Crippen molar-refractivity contribution in [2.75, 3.05) is 19.8 Å². The van der Waals surface area contributed by atoms with Crippen LogP contribution in [0.5, 0.6) is 0 Å². The van der Waals surface area contributed by atoms with Gasteiger partial charge in [-0.1, -0.05) is 41.6 Å². The largest absolute Gasteiger partial charge is 0.377 e. The van der Waals surface area contributed by atoms with Crippen LogP contribution in [0.3, 0.4) is 0 Å². The lowest BCUT2D eigenvalue weighted by Gasteiger charge is -2.32. The van der Waals surface area contributed by atoms with Crippen molar-refractivity contribution in [2.24, 2.45) is 0 Å². The molecule has 4 rings (SSSR count). The van der Waals surface area contributed by atoms with Crippen molar-refractivity contribution in [3.05, 3.63) is 58.6 Å². The van der Waals surface area contributed by atoms with Crippen molar-refractivity contribution in [1.82, 2.24) is 15.0 Å². The Hall–Kier alpha value is -2.51. The molecular weight excluding hydrogens is 326 g/mol. The second kappa shape index (κ2) is 6.54. The topological polar surface area (TPSA) is 68.5 Å². The summed E-state index contributed by atoms with van der Waals surface area (Å²) in [6, 6.07) is 12.9. The third kappa shape index (κ3) is 2.83. The zero-order valence-corrected chi connectivity index (χ0v) is 13.6. The number of rotatable bonds is 3. The highest BCUT2D eigenvalue weighted by atomic mass is 32.1. The van der Waals surface area contributed by atoms with E-state index in [0.717, 1.165) is 5.56 Å². The number of hydrogen-bond acceptors (Lipinski definition) is 6. The van der Waals surface area contributed by atoms with Gasteiger partial charge in [0, 0.05) is 12.1 Å². The summed E-state index contributed by atoms with van der Waals surface area (Å²) >= 11 is 1.43. The second-order valence-corrected chi connectivity index (χ2v) is 6.34. The Bertz CT molecular complexity index is 817. The number of aromatic nitrogens is 2. The Morgan fingerprint density at radius 3 is 2.88 bits per heavy atom. The van der Waals surface area contributed by atoms with Crippen LogP contribution in [-0.4, -0.2) is 40.7 Å². The quantitative estimate of drug-likeness (QED) is 0.732. The molecule has 7 heteroatoms. The Labute approximate surface area is 142 Å². The molecule has 1 aliphatic rings. The minimum absolute atomic E-state index is 0.0299. The lowest BCUT2D eigenvalue weighted by atomic mass is 10.2. The number of nitrogens with zero attached hydrogens (tertiary/aromatic N) is 3. The molecule has 0 radical (unpaired) electrons. The zero-order valence-electron chi connectivity index (χ0n) is 12.8. The highest BCUT2D eigenvalue weighted by molar-refractivity contribution is 7.12. The smallest absolute Gasteiger partial charge is 0.264 e. The minimum atomic E-state index is -0.363. The molecule has 0 N–H and O–H groups in total. The Balaban J connectivity index is 1.62. The van der Waals surface area contributed by atoms with Crippen molar-refractivity contribution in [1.29, 1.82) is 0 Å². The van der Waals surface area contributed by atoms with Gasteiger partial charge >= 0.3 is 0 Å². The Morgan fingerprint density at radius 2 is 2.08 bits per heavy atom. The molecule has 1 atom stereocenters. The summed E-state index contributed by atoms with van der Waals surface area (Å²) in [5.41, 5.74) is 0.875. The summed E-state index contributed by atoms with van der Waals surface area (Å²) in [5.74, 6) is 0.885. The van der Waals surface area contributed by atoms with Crippen molar-refractivity contribution in [3.63, 3.8) is 0 Å². The van der Waals surface area contributed by atoms with Crippen molar-refractivity contribution in [3.8, 4) is 11.4 Å². The fourth-order valence-electron chi connectivity index (χ4n) is 2.67. The van der Waals surface area contributed by atoms with Crippen LogP contribution in [0.4, 0.5) is 0 Å². The highest BCUT2D eigenvalue weighted by Crippen LogP contribution is 2.27. The molecular formula is C17H15N3O3S. The van der Waals surface area contributed by atoms with E-state index in [0.29, 0.717) is 36.4 Å². The molecule has 3 heterocycles. The molecule has 2 aromatic heterocycles. The summed E-state index contributed by atoms with van der Waals surface area (Å²) in [7, 11) is 0. The van der Waals surface area contributed by atoms with Crippen molar-refractivity contribution < 1.29 is 14.1 Å².